The highest BCUT2D eigenvalue weighted by Crippen LogP contribution is 2.15. The Labute approximate surface area is 98.7 Å². The normalized spacial score (nSPS) is 10.2. The zero-order chi connectivity index (χ0) is 12.1. The molecule has 0 spiro atoms. The Hall–Kier alpha value is -2.14. The number of hydrogen-bond acceptors (Lipinski definition) is 4. The summed E-state index contributed by atoms with van der Waals surface area (Å²) in [5, 5.41) is 3.16. The van der Waals surface area contributed by atoms with Crippen molar-refractivity contribution in [1.29, 1.82) is 0 Å². The molecule has 0 fully saturated rings. The van der Waals surface area contributed by atoms with Gasteiger partial charge < -0.3 is 16.0 Å². The summed E-state index contributed by atoms with van der Waals surface area (Å²) in [6.45, 7) is 0.629. The van der Waals surface area contributed by atoms with Gasteiger partial charge in [-0.2, -0.15) is 4.98 Å². The van der Waals surface area contributed by atoms with Crippen molar-refractivity contribution in [2.24, 2.45) is 5.73 Å². The van der Waals surface area contributed by atoms with Gasteiger partial charge in [0.2, 0.25) is 0 Å². The second-order valence-electron chi connectivity index (χ2n) is 3.67. The smallest absolute Gasteiger partial charge is 0.345 e. The van der Waals surface area contributed by atoms with E-state index in [0.717, 1.165) is 17.8 Å². The maximum Gasteiger partial charge on any atom is 0.345 e. The summed E-state index contributed by atoms with van der Waals surface area (Å²) in [6.07, 6.45) is 3.93. The number of aromatic nitrogens is 2. The number of benzene rings is 1. The Morgan fingerprint density at radius 3 is 2.94 bits per heavy atom. The zero-order valence-electron chi connectivity index (χ0n) is 9.31. The lowest BCUT2D eigenvalue weighted by atomic mass is 10.1. The Bertz CT molecular complexity index is 530. The molecule has 0 aliphatic heterocycles. The van der Waals surface area contributed by atoms with Crippen LogP contribution >= 0.6 is 0 Å². The first-order valence-corrected chi connectivity index (χ1v) is 5.39. The minimum absolute atomic E-state index is 0.354. The quantitative estimate of drug-likeness (QED) is 0.732. The molecule has 0 radical (unpaired) electrons. The molecule has 0 aliphatic rings. The van der Waals surface area contributed by atoms with Gasteiger partial charge in [0.1, 0.15) is 0 Å². The van der Waals surface area contributed by atoms with E-state index in [-0.39, 0.29) is 5.69 Å². The number of nitrogens with zero attached hydrogens (tertiary/aromatic N) is 1. The van der Waals surface area contributed by atoms with Crippen molar-refractivity contribution < 1.29 is 0 Å². The maximum absolute atomic E-state index is 10.8. The minimum Gasteiger partial charge on any atom is -0.353 e. The minimum atomic E-state index is -0.354. The average Bonchev–Trinajstić information content (AvgIpc) is 2.33. The molecule has 1 heterocycles. The fourth-order valence-corrected chi connectivity index (χ4v) is 1.55. The number of anilines is 2. The van der Waals surface area contributed by atoms with E-state index in [4.69, 9.17) is 5.73 Å². The van der Waals surface area contributed by atoms with Crippen molar-refractivity contribution in [3.05, 3.63) is 52.7 Å². The van der Waals surface area contributed by atoms with Crippen molar-refractivity contribution in [3.8, 4) is 0 Å². The summed E-state index contributed by atoms with van der Waals surface area (Å²) in [6, 6.07) is 7.97. The van der Waals surface area contributed by atoms with Gasteiger partial charge in [-0.15, -0.1) is 0 Å². The Morgan fingerprint density at radius 2 is 2.24 bits per heavy atom. The highest BCUT2D eigenvalue weighted by molar-refractivity contribution is 5.58. The van der Waals surface area contributed by atoms with Crippen LogP contribution < -0.4 is 16.7 Å². The van der Waals surface area contributed by atoms with E-state index >= 15 is 0 Å². The van der Waals surface area contributed by atoms with E-state index in [1.807, 2.05) is 24.3 Å². The Kier molecular flexibility index (Phi) is 3.52. The van der Waals surface area contributed by atoms with E-state index in [2.05, 4.69) is 15.3 Å². The predicted octanol–water partition coefficient (Wildman–Crippen LogP) is 1.01. The molecular formula is C12H14N4O. The highest BCUT2D eigenvalue weighted by Gasteiger charge is 1.97. The molecule has 0 unspecified atom stereocenters. The van der Waals surface area contributed by atoms with Gasteiger partial charge in [-0.3, -0.25) is 0 Å². The number of H-pyrrole nitrogens is 1. The third-order valence-corrected chi connectivity index (χ3v) is 2.32. The molecular weight excluding hydrogens is 216 g/mol. The second kappa shape index (κ2) is 5.27. The first-order chi connectivity index (χ1) is 8.28. The standard InChI is InChI=1S/C12H14N4O/c13-5-4-9-2-1-3-10(6-9)16-11-7-14-12(17)15-8-11/h1-3,6-8,16H,4-5,13H2,(H,14,15,17). The first kappa shape index (κ1) is 11.3. The lowest BCUT2D eigenvalue weighted by Gasteiger charge is -2.07. The van der Waals surface area contributed by atoms with Gasteiger partial charge >= 0.3 is 5.69 Å². The molecule has 0 atom stereocenters. The molecule has 0 saturated carbocycles. The fourth-order valence-electron chi connectivity index (χ4n) is 1.55. The molecule has 5 heteroatoms. The zero-order valence-corrected chi connectivity index (χ0v) is 9.31. The highest BCUT2D eigenvalue weighted by atomic mass is 16.1. The largest absolute Gasteiger partial charge is 0.353 e. The van der Waals surface area contributed by atoms with Crippen molar-refractivity contribution in [2.75, 3.05) is 11.9 Å². The Balaban J connectivity index is 2.15. The van der Waals surface area contributed by atoms with Crippen molar-refractivity contribution in [1.82, 2.24) is 9.97 Å². The SMILES string of the molecule is NCCc1cccc(Nc2cnc(=O)[nH]c2)c1. The summed E-state index contributed by atoms with van der Waals surface area (Å²) in [5.74, 6) is 0. The van der Waals surface area contributed by atoms with E-state index in [0.29, 0.717) is 6.54 Å². The Morgan fingerprint density at radius 1 is 1.35 bits per heavy atom. The molecule has 2 aromatic rings. The predicted molar refractivity (Wildman–Crippen MR) is 67.3 cm³/mol. The summed E-state index contributed by atoms with van der Waals surface area (Å²) in [4.78, 5) is 17.0. The molecule has 5 nitrogen and oxygen atoms in total. The molecule has 0 bridgehead atoms. The van der Waals surface area contributed by atoms with E-state index in [1.165, 1.54) is 11.8 Å². The van der Waals surface area contributed by atoms with Crippen LogP contribution in [0.4, 0.5) is 11.4 Å². The number of nitrogens with two attached hydrogens (primary N) is 1. The van der Waals surface area contributed by atoms with E-state index in [1.54, 1.807) is 6.20 Å². The third kappa shape index (κ3) is 3.15. The van der Waals surface area contributed by atoms with Gasteiger partial charge in [-0.1, -0.05) is 12.1 Å². The summed E-state index contributed by atoms with van der Waals surface area (Å²) < 4.78 is 0. The van der Waals surface area contributed by atoms with Crippen LogP contribution in [0.2, 0.25) is 0 Å². The van der Waals surface area contributed by atoms with Gasteiger partial charge in [0.25, 0.3) is 0 Å². The van der Waals surface area contributed by atoms with Crippen LogP contribution in [0, 0.1) is 0 Å². The molecule has 0 aliphatic carbocycles. The number of nitrogens with one attached hydrogen (secondary N) is 2. The lowest BCUT2D eigenvalue weighted by Crippen LogP contribution is -2.08. The number of hydrogen-bond donors (Lipinski definition) is 3. The van der Waals surface area contributed by atoms with Crippen LogP contribution in [0.5, 0.6) is 0 Å². The van der Waals surface area contributed by atoms with Crippen LogP contribution in [0.15, 0.2) is 41.5 Å². The summed E-state index contributed by atoms with van der Waals surface area (Å²) in [5.41, 5.74) is 8.03. The maximum atomic E-state index is 10.8. The van der Waals surface area contributed by atoms with Gasteiger partial charge in [0.15, 0.2) is 0 Å². The van der Waals surface area contributed by atoms with Crippen molar-refractivity contribution in [2.45, 2.75) is 6.42 Å². The molecule has 0 saturated heterocycles. The van der Waals surface area contributed by atoms with Crippen LogP contribution in [0.1, 0.15) is 5.56 Å². The van der Waals surface area contributed by atoms with Crippen molar-refractivity contribution >= 4 is 11.4 Å². The molecule has 0 amide bonds. The van der Waals surface area contributed by atoms with E-state index < -0.39 is 0 Å². The first-order valence-electron chi connectivity index (χ1n) is 5.39. The second-order valence-corrected chi connectivity index (χ2v) is 3.67. The molecule has 88 valence electrons. The van der Waals surface area contributed by atoms with Gasteiger partial charge in [0, 0.05) is 11.9 Å². The van der Waals surface area contributed by atoms with Crippen LogP contribution in [-0.4, -0.2) is 16.5 Å². The number of rotatable bonds is 4. The number of aromatic amines is 1. The van der Waals surface area contributed by atoms with Gasteiger partial charge in [-0.05, 0) is 30.7 Å². The molecule has 17 heavy (non-hydrogen) atoms. The van der Waals surface area contributed by atoms with Gasteiger partial charge in [-0.25, -0.2) is 4.79 Å². The van der Waals surface area contributed by atoms with Crippen LogP contribution in [-0.2, 0) is 6.42 Å². The fraction of sp³-hybridized carbons (Fsp3) is 0.167. The average molecular weight is 230 g/mol. The summed E-state index contributed by atoms with van der Waals surface area (Å²) >= 11 is 0. The molecule has 1 aromatic carbocycles. The summed E-state index contributed by atoms with van der Waals surface area (Å²) in [7, 11) is 0. The molecule has 2 rings (SSSR count). The van der Waals surface area contributed by atoms with E-state index in [9.17, 15) is 4.79 Å². The molecule has 1 aromatic heterocycles. The third-order valence-electron chi connectivity index (χ3n) is 2.32. The molecule has 4 N–H and O–H groups in total. The van der Waals surface area contributed by atoms with Crippen molar-refractivity contribution in [3.63, 3.8) is 0 Å². The lowest BCUT2D eigenvalue weighted by molar-refractivity contribution is 0.969. The van der Waals surface area contributed by atoms with Crippen LogP contribution in [0.25, 0.3) is 0 Å². The topological polar surface area (TPSA) is 83.8 Å². The van der Waals surface area contributed by atoms with Crippen LogP contribution in [0.3, 0.4) is 0 Å². The monoisotopic (exact) mass is 230 g/mol. The van der Waals surface area contributed by atoms with Gasteiger partial charge in [0.05, 0.1) is 11.9 Å².